The Morgan fingerprint density at radius 3 is 2.75 bits per heavy atom. The van der Waals surface area contributed by atoms with Crippen LogP contribution in [0.1, 0.15) is 36.8 Å². The Balaban J connectivity index is 1.98. The summed E-state index contributed by atoms with van der Waals surface area (Å²) < 4.78 is 3.59. The van der Waals surface area contributed by atoms with Gasteiger partial charge in [-0.25, -0.2) is 0 Å². The molecule has 108 valence electrons. The standard InChI is InChI=1S/C14H21N5O/c1-5-18-9-13(11(3)17-18)8-15-14(20)12(4)19-10(2)6-7-16-19/h6-7,9,12H,5,8H2,1-4H3,(H,15,20). The van der Waals surface area contributed by atoms with Crippen molar-refractivity contribution < 1.29 is 4.79 Å². The van der Waals surface area contributed by atoms with Crippen molar-refractivity contribution in [3.8, 4) is 0 Å². The molecule has 0 saturated heterocycles. The molecule has 1 amide bonds. The number of nitrogens with zero attached hydrogens (tertiary/aromatic N) is 4. The predicted molar refractivity (Wildman–Crippen MR) is 76.2 cm³/mol. The van der Waals surface area contributed by atoms with Crippen LogP contribution >= 0.6 is 0 Å². The molecule has 6 heteroatoms. The van der Waals surface area contributed by atoms with Crippen molar-refractivity contribution in [2.45, 2.75) is 46.8 Å². The van der Waals surface area contributed by atoms with Crippen molar-refractivity contribution >= 4 is 5.91 Å². The van der Waals surface area contributed by atoms with Crippen LogP contribution in [-0.2, 0) is 17.9 Å². The summed E-state index contributed by atoms with van der Waals surface area (Å²) >= 11 is 0. The van der Waals surface area contributed by atoms with Gasteiger partial charge in [-0.3, -0.25) is 14.2 Å². The van der Waals surface area contributed by atoms with E-state index in [0.717, 1.165) is 23.5 Å². The van der Waals surface area contributed by atoms with Crippen LogP contribution in [0.25, 0.3) is 0 Å². The van der Waals surface area contributed by atoms with E-state index in [0.29, 0.717) is 6.54 Å². The predicted octanol–water partition coefficient (Wildman–Crippen LogP) is 1.59. The second-order valence-electron chi connectivity index (χ2n) is 4.91. The Morgan fingerprint density at radius 2 is 2.20 bits per heavy atom. The summed E-state index contributed by atoms with van der Waals surface area (Å²) in [4.78, 5) is 12.2. The maximum Gasteiger partial charge on any atom is 0.244 e. The fourth-order valence-corrected chi connectivity index (χ4v) is 2.12. The molecule has 0 aromatic carbocycles. The average molecular weight is 275 g/mol. The van der Waals surface area contributed by atoms with Gasteiger partial charge in [0.25, 0.3) is 0 Å². The second kappa shape index (κ2) is 5.90. The molecule has 1 unspecified atom stereocenters. The van der Waals surface area contributed by atoms with Crippen LogP contribution in [0.5, 0.6) is 0 Å². The van der Waals surface area contributed by atoms with Gasteiger partial charge < -0.3 is 5.32 Å². The Hall–Kier alpha value is -2.11. The van der Waals surface area contributed by atoms with E-state index < -0.39 is 0 Å². The molecule has 2 aromatic rings. The molecular formula is C14H21N5O. The SMILES string of the molecule is CCn1cc(CNC(=O)C(C)n2nccc2C)c(C)n1. The first-order chi connectivity index (χ1) is 9.52. The number of hydrogen-bond acceptors (Lipinski definition) is 3. The van der Waals surface area contributed by atoms with E-state index in [1.54, 1.807) is 10.9 Å². The van der Waals surface area contributed by atoms with Crippen molar-refractivity contribution in [2.75, 3.05) is 0 Å². The van der Waals surface area contributed by atoms with Crippen molar-refractivity contribution in [1.82, 2.24) is 24.9 Å². The average Bonchev–Trinajstić information content (AvgIpc) is 3.01. The lowest BCUT2D eigenvalue weighted by atomic mass is 10.2. The Bertz CT molecular complexity index is 598. The molecule has 2 aromatic heterocycles. The first kappa shape index (κ1) is 14.3. The van der Waals surface area contributed by atoms with Crippen molar-refractivity contribution in [3.63, 3.8) is 0 Å². The van der Waals surface area contributed by atoms with E-state index in [4.69, 9.17) is 0 Å². The molecule has 0 bridgehead atoms. The zero-order chi connectivity index (χ0) is 14.7. The zero-order valence-electron chi connectivity index (χ0n) is 12.4. The summed E-state index contributed by atoms with van der Waals surface area (Å²) in [7, 11) is 0. The molecule has 2 heterocycles. The molecule has 0 fully saturated rings. The minimum Gasteiger partial charge on any atom is -0.350 e. The topological polar surface area (TPSA) is 64.7 Å². The van der Waals surface area contributed by atoms with Gasteiger partial charge in [0, 0.05) is 36.7 Å². The highest BCUT2D eigenvalue weighted by molar-refractivity contribution is 5.79. The zero-order valence-corrected chi connectivity index (χ0v) is 12.4. The highest BCUT2D eigenvalue weighted by Crippen LogP contribution is 2.10. The number of aromatic nitrogens is 4. The third kappa shape index (κ3) is 2.89. The van der Waals surface area contributed by atoms with Crippen LogP contribution in [0.2, 0.25) is 0 Å². The lowest BCUT2D eigenvalue weighted by Gasteiger charge is -2.14. The highest BCUT2D eigenvalue weighted by Gasteiger charge is 2.17. The Kier molecular flexibility index (Phi) is 4.22. The molecule has 0 aliphatic heterocycles. The smallest absolute Gasteiger partial charge is 0.244 e. The van der Waals surface area contributed by atoms with Gasteiger partial charge >= 0.3 is 0 Å². The van der Waals surface area contributed by atoms with E-state index in [-0.39, 0.29) is 11.9 Å². The fraction of sp³-hybridized carbons (Fsp3) is 0.500. The first-order valence-electron chi connectivity index (χ1n) is 6.83. The van der Waals surface area contributed by atoms with Gasteiger partial charge in [0.1, 0.15) is 6.04 Å². The maximum atomic E-state index is 12.2. The number of nitrogens with one attached hydrogen (secondary N) is 1. The van der Waals surface area contributed by atoms with Gasteiger partial charge in [0.2, 0.25) is 5.91 Å². The summed E-state index contributed by atoms with van der Waals surface area (Å²) in [6.07, 6.45) is 3.67. The van der Waals surface area contributed by atoms with Gasteiger partial charge in [0.15, 0.2) is 0 Å². The fourth-order valence-electron chi connectivity index (χ4n) is 2.12. The van der Waals surface area contributed by atoms with Crippen molar-refractivity contribution in [1.29, 1.82) is 0 Å². The lowest BCUT2D eigenvalue weighted by Crippen LogP contribution is -2.31. The van der Waals surface area contributed by atoms with Gasteiger partial charge in [-0.2, -0.15) is 10.2 Å². The monoisotopic (exact) mass is 275 g/mol. The van der Waals surface area contributed by atoms with Gasteiger partial charge in [-0.05, 0) is 33.8 Å². The minimum absolute atomic E-state index is 0.0413. The molecule has 20 heavy (non-hydrogen) atoms. The number of carbonyl (C=O) groups excluding carboxylic acids is 1. The van der Waals surface area contributed by atoms with E-state index in [1.165, 1.54) is 0 Å². The van der Waals surface area contributed by atoms with Crippen molar-refractivity contribution in [2.24, 2.45) is 0 Å². The Labute approximate surface area is 118 Å². The molecule has 1 N–H and O–H groups in total. The summed E-state index contributed by atoms with van der Waals surface area (Å²) in [5.41, 5.74) is 2.97. The number of rotatable bonds is 5. The van der Waals surface area contributed by atoms with E-state index in [9.17, 15) is 4.79 Å². The number of aryl methyl sites for hydroxylation is 3. The molecule has 2 rings (SSSR count). The summed E-state index contributed by atoms with van der Waals surface area (Å²) in [5.74, 6) is -0.0413. The Morgan fingerprint density at radius 1 is 1.45 bits per heavy atom. The molecule has 0 aliphatic carbocycles. The van der Waals surface area contributed by atoms with E-state index in [1.807, 2.05) is 44.6 Å². The molecule has 0 saturated carbocycles. The van der Waals surface area contributed by atoms with Crippen LogP contribution in [-0.4, -0.2) is 25.5 Å². The first-order valence-corrected chi connectivity index (χ1v) is 6.83. The maximum absolute atomic E-state index is 12.2. The lowest BCUT2D eigenvalue weighted by molar-refractivity contribution is -0.124. The van der Waals surface area contributed by atoms with Gasteiger partial charge in [-0.15, -0.1) is 0 Å². The third-order valence-corrected chi connectivity index (χ3v) is 3.44. The molecule has 1 atom stereocenters. The van der Waals surface area contributed by atoms with Crippen LogP contribution in [0.3, 0.4) is 0 Å². The van der Waals surface area contributed by atoms with Crippen molar-refractivity contribution in [3.05, 3.63) is 35.4 Å². The molecule has 0 aliphatic rings. The quantitative estimate of drug-likeness (QED) is 0.901. The van der Waals surface area contributed by atoms with Gasteiger partial charge in [0.05, 0.1) is 5.69 Å². The van der Waals surface area contributed by atoms with Gasteiger partial charge in [-0.1, -0.05) is 0 Å². The second-order valence-corrected chi connectivity index (χ2v) is 4.91. The van der Waals surface area contributed by atoms with E-state index in [2.05, 4.69) is 15.5 Å². The summed E-state index contributed by atoms with van der Waals surface area (Å²) in [5, 5.41) is 11.5. The largest absolute Gasteiger partial charge is 0.350 e. The summed E-state index contributed by atoms with van der Waals surface area (Å²) in [6.45, 7) is 9.10. The van der Waals surface area contributed by atoms with Crippen LogP contribution in [0, 0.1) is 13.8 Å². The normalized spacial score (nSPS) is 12.4. The number of amides is 1. The van der Waals surface area contributed by atoms with E-state index >= 15 is 0 Å². The highest BCUT2D eigenvalue weighted by atomic mass is 16.2. The number of hydrogen-bond donors (Lipinski definition) is 1. The molecule has 0 spiro atoms. The molecule has 6 nitrogen and oxygen atoms in total. The minimum atomic E-state index is -0.313. The van der Waals surface area contributed by atoms with Crippen LogP contribution in [0.15, 0.2) is 18.5 Å². The van der Waals surface area contributed by atoms with Crippen LogP contribution in [0.4, 0.5) is 0 Å². The summed E-state index contributed by atoms with van der Waals surface area (Å²) in [6, 6.07) is 1.57. The number of carbonyl (C=O) groups is 1. The van der Waals surface area contributed by atoms with Crippen LogP contribution < -0.4 is 5.32 Å². The molecule has 0 radical (unpaired) electrons. The molecular weight excluding hydrogens is 254 g/mol. The third-order valence-electron chi connectivity index (χ3n) is 3.44.